The number of hydrogen-bond donors (Lipinski definition) is 1. The highest BCUT2D eigenvalue weighted by Gasteiger charge is 2.55. The van der Waals surface area contributed by atoms with E-state index in [1.807, 2.05) is 5.92 Å². The molecule has 0 heterocycles. The molecule has 1 unspecified atom stereocenters. The van der Waals surface area contributed by atoms with E-state index in [1.54, 1.807) is 31.2 Å². The van der Waals surface area contributed by atoms with Gasteiger partial charge in [0.25, 0.3) is 0 Å². The summed E-state index contributed by atoms with van der Waals surface area (Å²) in [5.74, 6) is 3.64. The summed E-state index contributed by atoms with van der Waals surface area (Å²) in [5.41, 5.74) is -3.33. The van der Waals surface area contributed by atoms with Gasteiger partial charge in [0.2, 0.25) is 0 Å². The van der Waals surface area contributed by atoms with E-state index in [-0.39, 0.29) is 25.2 Å². The molecular formula is C25H24F6O4. The lowest BCUT2D eigenvalue weighted by molar-refractivity contribution is -0.190. The third kappa shape index (κ3) is 7.92. The SMILES string of the molecule is CCO[C@@H](Cc1ccc(OC/C=C(/C)C#CC2(C(F)(F)F)C=CC=C(C(F)(F)F)C2)cc1)C(=O)O. The molecule has 1 aliphatic rings. The first-order valence-corrected chi connectivity index (χ1v) is 10.6. The van der Waals surface area contributed by atoms with Crippen molar-refractivity contribution in [2.24, 2.45) is 5.41 Å². The molecule has 0 bridgehead atoms. The van der Waals surface area contributed by atoms with E-state index in [2.05, 4.69) is 5.92 Å². The molecule has 0 radical (unpaired) electrons. The molecule has 1 N–H and O–H groups in total. The van der Waals surface area contributed by atoms with Crippen LogP contribution >= 0.6 is 0 Å². The van der Waals surface area contributed by atoms with Crippen molar-refractivity contribution < 1.29 is 45.7 Å². The number of benzene rings is 1. The second-order valence-corrected chi connectivity index (χ2v) is 7.77. The second kappa shape index (κ2) is 11.5. The Hall–Kier alpha value is -3.19. The Morgan fingerprint density at radius 2 is 1.86 bits per heavy atom. The first kappa shape index (κ1) is 28.1. The first-order valence-electron chi connectivity index (χ1n) is 10.6. The van der Waals surface area contributed by atoms with Gasteiger partial charge in [-0.1, -0.05) is 42.2 Å². The topological polar surface area (TPSA) is 55.8 Å². The van der Waals surface area contributed by atoms with E-state index in [0.29, 0.717) is 23.5 Å². The molecule has 0 amide bonds. The minimum absolute atomic E-state index is 0.0425. The Labute approximate surface area is 198 Å². The van der Waals surface area contributed by atoms with Gasteiger partial charge >= 0.3 is 18.3 Å². The van der Waals surface area contributed by atoms with Crippen LogP contribution in [0.4, 0.5) is 26.3 Å². The Bertz CT molecular complexity index is 1040. The molecule has 0 aromatic heterocycles. The van der Waals surface area contributed by atoms with Gasteiger partial charge in [0.1, 0.15) is 17.8 Å². The van der Waals surface area contributed by atoms with E-state index in [9.17, 15) is 31.1 Å². The molecule has 35 heavy (non-hydrogen) atoms. The highest BCUT2D eigenvalue weighted by molar-refractivity contribution is 5.72. The van der Waals surface area contributed by atoms with Crippen molar-refractivity contribution in [3.05, 3.63) is 65.3 Å². The van der Waals surface area contributed by atoms with Crippen molar-refractivity contribution in [2.75, 3.05) is 13.2 Å². The standard InChI is InChI=1S/C25H24F6O4/c1-3-34-21(22(32)33)15-18-6-8-20(9-7-18)35-14-11-17(2)10-13-23(25(29,30)31)12-4-5-19(16-23)24(26,27)28/h4-9,11-12,21H,3,14-16H2,1-2H3,(H,32,33)/b17-11-/t21-,23?/m0/s1. The number of ether oxygens (including phenoxy) is 2. The van der Waals surface area contributed by atoms with Crippen LogP contribution in [0.15, 0.2) is 59.7 Å². The molecule has 0 spiro atoms. The van der Waals surface area contributed by atoms with Gasteiger partial charge in [0, 0.05) is 25.0 Å². The van der Waals surface area contributed by atoms with Crippen LogP contribution in [0.25, 0.3) is 0 Å². The molecule has 0 aliphatic heterocycles. The molecular weight excluding hydrogens is 478 g/mol. The summed E-state index contributed by atoms with van der Waals surface area (Å²) in [5, 5.41) is 9.14. The lowest BCUT2D eigenvalue weighted by Gasteiger charge is -2.31. The van der Waals surface area contributed by atoms with Crippen LogP contribution in [-0.4, -0.2) is 42.7 Å². The van der Waals surface area contributed by atoms with Crippen LogP contribution in [0.5, 0.6) is 5.75 Å². The highest BCUT2D eigenvalue weighted by Crippen LogP contribution is 2.48. The molecule has 1 aliphatic carbocycles. The first-order chi connectivity index (χ1) is 16.3. The number of halogens is 6. The average molecular weight is 502 g/mol. The fraction of sp³-hybridized carbons (Fsp3) is 0.400. The summed E-state index contributed by atoms with van der Waals surface area (Å²) in [4.78, 5) is 11.2. The zero-order valence-electron chi connectivity index (χ0n) is 19.0. The summed E-state index contributed by atoms with van der Waals surface area (Å²) >= 11 is 0. The molecule has 2 atom stereocenters. The maximum atomic E-state index is 13.6. The summed E-state index contributed by atoms with van der Waals surface area (Å²) in [6.45, 7) is 3.33. The smallest absolute Gasteiger partial charge is 0.412 e. The Morgan fingerprint density at radius 1 is 1.20 bits per heavy atom. The second-order valence-electron chi connectivity index (χ2n) is 7.77. The molecule has 1 aromatic rings. The normalized spacial score (nSPS) is 19.4. The highest BCUT2D eigenvalue weighted by atomic mass is 19.4. The molecule has 0 saturated carbocycles. The molecule has 190 valence electrons. The van der Waals surface area contributed by atoms with Gasteiger partial charge in [0.15, 0.2) is 6.10 Å². The van der Waals surface area contributed by atoms with Crippen molar-refractivity contribution in [1.82, 2.24) is 0 Å². The average Bonchev–Trinajstić information content (AvgIpc) is 2.77. The quantitative estimate of drug-likeness (QED) is 0.348. The molecule has 10 heteroatoms. The lowest BCUT2D eigenvalue weighted by Crippen LogP contribution is -2.38. The summed E-state index contributed by atoms with van der Waals surface area (Å²) in [6.07, 6.45) is -8.60. The zero-order valence-corrected chi connectivity index (χ0v) is 19.0. The van der Waals surface area contributed by atoms with E-state index in [4.69, 9.17) is 14.6 Å². The van der Waals surface area contributed by atoms with Crippen molar-refractivity contribution >= 4 is 5.97 Å². The molecule has 0 saturated heterocycles. The van der Waals surface area contributed by atoms with Crippen molar-refractivity contribution in [3.8, 4) is 17.6 Å². The largest absolute Gasteiger partial charge is 0.490 e. The Morgan fingerprint density at radius 3 is 2.40 bits per heavy atom. The molecule has 0 fully saturated rings. The van der Waals surface area contributed by atoms with E-state index in [1.165, 1.54) is 13.0 Å². The molecule has 1 aromatic carbocycles. The van der Waals surface area contributed by atoms with Crippen LogP contribution in [0.2, 0.25) is 0 Å². The summed E-state index contributed by atoms with van der Waals surface area (Å²) in [6, 6.07) is 6.53. The van der Waals surface area contributed by atoms with Crippen molar-refractivity contribution in [2.45, 2.75) is 45.1 Å². The van der Waals surface area contributed by atoms with E-state index in [0.717, 1.165) is 6.08 Å². The third-order valence-corrected chi connectivity index (χ3v) is 5.13. The van der Waals surface area contributed by atoms with Gasteiger partial charge in [0.05, 0.1) is 0 Å². The summed E-state index contributed by atoms with van der Waals surface area (Å²) < 4.78 is 90.5. The monoisotopic (exact) mass is 502 g/mol. The maximum Gasteiger partial charge on any atom is 0.412 e. The van der Waals surface area contributed by atoms with Crippen LogP contribution in [-0.2, 0) is 16.0 Å². The predicted octanol–water partition coefficient (Wildman–Crippen LogP) is 6.04. The minimum Gasteiger partial charge on any atom is -0.490 e. The number of carboxylic acid groups (broad SMARTS) is 1. The minimum atomic E-state index is -5.00. The maximum absolute atomic E-state index is 13.6. The number of carboxylic acids is 1. The Kier molecular flexibility index (Phi) is 9.21. The van der Waals surface area contributed by atoms with Gasteiger partial charge in [-0.3, -0.25) is 0 Å². The van der Waals surface area contributed by atoms with Crippen LogP contribution < -0.4 is 4.74 Å². The van der Waals surface area contributed by atoms with Crippen LogP contribution in [0.3, 0.4) is 0 Å². The number of rotatable bonds is 8. The van der Waals surface area contributed by atoms with Crippen molar-refractivity contribution in [3.63, 3.8) is 0 Å². The van der Waals surface area contributed by atoms with Gasteiger partial charge < -0.3 is 14.6 Å². The Balaban J connectivity index is 2.04. The zero-order chi connectivity index (χ0) is 26.3. The molecule has 4 nitrogen and oxygen atoms in total. The van der Waals surface area contributed by atoms with Gasteiger partial charge in [-0.2, -0.15) is 26.3 Å². The van der Waals surface area contributed by atoms with E-state index < -0.39 is 41.8 Å². The van der Waals surface area contributed by atoms with Crippen LogP contribution in [0.1, 0.15) is 25.8 Å². The van der Waals surface area contributed by atoms with Gasteiger partial charge in [-0.05, 0) is 43.2 Å². The van der Waals surface area contributed by atoms with Gasteiger partial charge in [-0.25, -0.2) is 4.79 Å². The van der Waals surface area contributed by atoms with Crippen LogP contribution in [0, 0.1) is 17.3 Å². The lowest BCUT2D eigenvalue weighted by atomic mass is 9.77. The van der Waals surface area contributed by atoms with Crippen molar-refractivity contribution in [1.29, 1.82) is 0 Å². The number of allylic oxidation sites excluding steroid dienone is 5. The number of carbonyl (C=O) groups is 1. The number of hydrogen-bond acceptors (Lipinski definition) is 3. The fourth-order valence-electron chi connectivity index (χ4n) is 3.17. The number of alkyl halides is 6. The third-order valence-electron chi connectivity index (χ3n) is 5.13. The fourth-order valence-corrected chi connectivity index (χ4v) is 3.17. The molecule has 2 rings (SSSR count). The van der Waals surface area contributed by atoms with Gasteiger partial charge in [-0.15, -0.1) is 0 Å². The number of aliphatic carboxylic acids is 1. The van der Waals surface area contributed by atoms with E-state index >= 15 is 0 Å². The predicted molar refractivity (Wildman–Crippen MR) is 117 cm³/mol. The summed E-state index contributed by atoms with van der Waals surface area (Å²) in [7, 11) is 0.